The summed E-state index contributed by atoms with van der Waals surface area (Å²) in [7, 11) is 0. The first-order chi connectivity index (χ1) is 9.56. The predicted molar refractivity (Wildman–Crippen MR) is 89.1 cm³/mol. The van der Waals surface area contributed by atoms with Crippen LogP contribution in [-0.2, 0) is 4.79 Å². The van der Waals surface area contributed by atoms with E-state index in [2.05, 4.69) is 16.9 Å². The first-order valence-corrected chi connectivity index (χ1v) is 8.28. The molecule has 1 aromatic rings. The van der Waals surface area contributed by atoms with Crippen LogP contribution in [-0.4, -0.2) is 29.4 Å². The van der Waals surface area contributed by atoms with E-state index in [9.17, 15) is 4.79 Å². The molecule has 1 aromatic heterocycles. The van der Waals surface area contributed by atoms with Crippen molar-refractivity contribution in [1.29, 1.82) is 0 Å². The zero-order valence-corrected chi connectivity index (χ0v) is 13.3. The number of carbonyl (C=O) groups excluding carboxylic acids is 1. The quantitative estimate of drug-likeness (QED) is 0.598. The van der Waals surface area contributed by atoms with Gasteiger partial charge in [0, 0.05) is 40.9 Å². The number of pyridine rings is 1. The molecule has 0 unspecified atom stereocenters. The van der Waals surface area contributed by atoms with Crippen LogP contribution in [0.1, 0.15) is 12.5 Å². The summed E-state index contributed by atoms with van der Waals surface area (Å²) >= 11 is 2.95. The van der Waals surface area contributed by atoms with E-state index in [0.717, 1.165) is 16.2 Å². The van der Waals surface area contributed by atoms with Crippen molar-refractivity contribution < 1.29 is 4.79 Å². The number of thioether (sulfide) groups is 2. The molecule has 0 saturated carbocycles. The number of carbonyl (C=O) groups is 1. The molecule has 4 nitrogen and oxygen atoms in total. The van der Waals surface area contributed by atoms with Crippen molar-refractivity contribution in [3.05, 3.63) is 47.3 Å². The van der Waals surface area contributed by atoms with E-state index in [-0.39, 0.29) is 5.91 Å². The molecule has 0 aromatic carbocycles. The van der Waals surface area contributed by atoms with E-state index in [1.165, 1.54) is 11.8 Å². The van der Waals surface area contributed by atoms with Gasteiger partial charge in [0.2, 0.25) is 0 Å². The summed E-state index contributed by atoms with van der Waals surface area (Å²) in [6.45, 7) is 6.31. The van der Waals surface area contributed by atoms with Gasteiger partial charge >= 0.3 is 0 Å². The van der Waals surface area contributed by atoms with Gasteiger partial charge in [-0.2, -0.15) is 11.8 Å². The summed E-state index contributed by atoms with van der Waals surface area (Å²) in [5, 5.41) is 2.85. The number of nitrogens with zero attached hydrogens (tertiary/aromatic N) is 1. The van der Waals surface area contributed by atoms with Gasteiger partial charge in [-0.25, -0.2) is 0 Å². The van der Waals surface area contributed by atoms with Gasteiger partial charge in [-0.1, -0.05) is 24.4 Å². The number of nitrogens with two attached hydrogens (primary N) is 1. The van der Waals surface area contributed by atoms with Crippen LogP contribution in [0.5, 0.6) is 0 Å². The molecule has 0 fully saturated rings. The summed E-state index contributed by atoms with van der Waals surface area (Å²) in [4.78, 5) is 17.4. The van der Waals surface area contributed by atoms with Crippen LogP contribution in [0.15, 0.2) is 41.7 Å². The molecule has 1 rings (SSSR count). The van der Waals surface area contributed by atoms with Gasteiger partial charge in [0.15, 0.2) is 0 Å². The standard InChI is InChI=1S/C14H19N3OS2/c1-10(15)13(14(18)17-7-8-19-3)20-11(2)12-5-4-6-16-9-12/h4-6,9H,2,7-8,15H2,1,3H3,(H,17,18)/b13-10-. The zero-order valence-electron chi connectivity index (χ0n) is 11.7. The highest BCUT2D eigenvalue weighted by Gasteiger charge is 2.14. The fourth-order valence-electron chi connectivity index (χ4n) is 1.36. The highest BCUT2D eigenvalue weighted by Crippen LogP contribution is 2.32. The maximum absolute atomic E-state index is 12.1. The molecule has 1 amide bonds. The van der Waals surface area contributed by atoms with E-state index in [1.807, 2.05) is 18.4 Å². The summed E-state index contributed by atoms with van der Waals surface area (Å²) in [5.41, 5.74) is 7.17. The Morgan fingerprint density at radius 3 is 2.85 bits per heavy atom. The van der Waals surface area contributed by atoms with Crippen LogP contribution in [0.2, 0.25) is 0 Å². The highest BCUT2D eigenvalue weighted by molar-refractivity contribution is 8.12. The van der Waals surface area contributed by atoms with Gasteiger partial charge in [0.05, 0.1) is 4.91 Å². The molecule has 0 aliphatic rings. The van der Waals surface area contributed by atoms with Gasteiger partial charge in [-0.15, -0.1) is 0 Å². The Labute approximate surface area is 128 Å². The number of hydrogen-bond donors (Lipinski definition) is 2. The van der Waals surface area contributed by atoms with Gasteiger partial charge < -0.3 is 11.1 Å². The molecule has 3 N–H and O–H groups in total. The topological polar surface area (TPSA) is 68.0 Å². The number of nitrogens with one attached hydrogen (secondary N) is 1. The minimum Gasteiger partial charge on any atom is -0.401 e. The number of aromatic nitrogens is 1. The van der Waals surface area contributed by atoms with Crippen molar-refractivity contribution in [3.8, 4) is 0 Å². The molecular weight excluding hydrogens is 290 g/mol. The molecule has 0 aliphatic heterocycles. The molecule has 0 saturated heterocycles. The molecule has 1 heterocycles. The lowest BCUT2D eigenvalue weighted by Gasteiger charge is -2.11. The Hall–Kier alpha value is -1.40. The second kappa shape index (κ2) is 8.71. The molecule has 0 bridgehead atoms. The van der Waals surface area contributed by atoms with Crippen molar-refractivity contribution in [2.24, 2.45) is 5.73 Å². The maximum Gasteiger partial charge on any atom is 0.259 e. The molecule has 108 valence electrons. The molecule has 0 spiro atoms. The smallest absolute Gasteiger partial charge is 0.259 e. The van der Waals surface area contributed by atoms with Crippen LogP contribution in [0.3, 0.4) is 0 Å². The van der Waals surface area contributed by atoms with Crippen LogP contribution in [0, 0.1) is 0 Å². The lowest BCUT2D eigenvalue weighted by Crippen LogP contribution is -2.27. The summed E-state index contributed by atoms with van der Waals surface area (Å²) in [5.74, 6) is 0.714. The molecule has 0 radical (unpaired) electrons. The van der Waals surface area contributed by atoms with Gasteiger partial charge in [0.1, 0.15) is 0 Å². The number of amides is 1. The second-order valence-corrected chi connectivity index (χ2v) is 6.12. The fraction of sp³-hybridized carbons (Fsp3) is 0.286. The Morgan fingerprint density at radius 1 is 1.55 bits per heavy atom. The average molecular weight is 309 g/mol. The van der Waals surface area contributed by atoms with E-state index in [4.69, 9.17) is 5.73 Å². The van der Waals surface area contributed by atoms with Crippen molar-refractivity contribution >= 4 is 34.3 Å². The zero-order chi connectivity index (χ0) is 15.0. The normalized spacial score (nSPS) is 11.7. The van der Waals surface area contributed by atoms with E-state index < -0.39 is 0 Å². The first kappa shape index (κ1) is 16.7. The highest BCUT2D eigenvalue weighted by atomic mass is 32.2. The molecule has 0 aliphatic carbocycles. The van der Waals surface area contributed by atoms with Crippen molar-refractivity contribution in [1.82, 2.24) is 10.3 Å². The fourth-order valence-corrected chi connectivity index (χ4v) is 2.48. The van der Waals surface area contributed by atoms with E-state index in [1.54, 1.807) is 31.1 Å². The Morgan fingerprint density at radius 2 is 2.30 bits per heavy atom. The van der Waals surface area contributed by atoms with Crippen LogP contribution < -0.4 is 11.1 Å². The molecular formula is C14H19N3OS2. The minimum absolute atomic E-state index is 0.158. The average Bonchev–Trinajstić information content (AvgIpc) is 2.45. The van der Waals surface area contributed by atoms with Crippen molar-refractivity contribution in [2.75, 3.05) is 18.6 Å². The van der Waals surface area contributed by atoms with Crippen molar-refractivity contribution in [2.45, 2.75) is 6.92 Å². The lowest BCUT2D eigenvalue weighted by molar-refractivity contribution is -0.116. The van der Waals surface area contributed by atoms with Crippen LogP contribution in [0.25, 0.3) is 4.91 Å². The van der Waals surface area contributed by atoms with E-state index >= 15 is 0 Å². The second-order valence-electron chi connectivity index (χ2n) is 4.03. The molecule has 0 atom stereocenters. The maximum atomic E-state index is 12.1. The van der Waals surface area contributed by atoms with E-state index in [0.29, 0.717) is 17.1 Å². The molecule has 6 heteroatoms. The Kier molecular flexibility index (Phi) is 7.25. The monoisotopic (exact) mass is 309 g/mol. The largest absolute Gasteiger partial charge is 0.401 e. The molecule has 20 heavy (non-hydrogen) atoms. The third kappa shape index (κ3) is 5.30. The number of allylic oxidation sites excluding steroid dienone is 1. The minimum atomic E-state index is -0.158. The summed E-state index contributed by atoms with van der Waals surface area (Å²) < 4.78 is 0. The predicted octanol–water partition coefficient (Wildman–Crippen LogP) is 2.45. The van der Waals surface area contributed by atoms with Crippen LogP contribution >= 0.6 is 23.5 Å². The first-order valence-electron chi connectivity index (χ1n) is 6.07. The number of rotatable bonds is 7. The van der Waals surface area contributed by atoms with Gasteiger partial charge in [-0.05, 0) is 19.2 Å². The lowest BCUT2D eigenvalue weighted by atomic mass is 10.3. The van der Waals surface area contributed by atoms with Gasteiger partial charge in [0.25, 0.3) is 5.91 Å². The summed E-state index contributed by atoms with van der Waals surface area (Å²) in [6, 6.07) is 3.73. The van der Waals surface area contributed by atoms with Crippen LogP contribution in [0.4, 0.5) is 0 Å². The SMILES string of the molecule is C=C(S/C(C(=O)NCCSC)=C(/C)N)c1cccnc1. The Bertz CT molecular complexity index is 496. The van der Waals surface area contributed by atoms with Crippen molar-refractivity contribution in [3.63, 3.8) is 0 Å². The van der Waals surface area contributed by atoms with Gasteiger partial charge in [-0.3, -0.25) is 9.78 Å². The summed E-state index contributed by atoms with van der Waals surface area (Å²) in [6.07, 6.45) is 5.40. The third-order valence-electron chi connectivity index (χ3n) is 2.36. The third-order valence-corrected chi connectivity index (χ3v) is 4.17. The Balaban J connectivity index is 2.72. The number of hydrogen-bond acceptors (Lipinski definition) is 5.